The highest BCUT2D eigenvalue weighted by Crippen LogP contribution is 2.50. The third kappa shape index (κ3) is 1.88. The average molecular weight is 276 g/mol. The van der Waals surface area contributed by atoms with E-state index in [0.29, 0.717) is 6.07 Å². The molecule has 1 aliphatic carbocycles. The molecule has 1 fully saturated rings. The Hall–Kier alpha value is -1.50. The number of halogens is 2. The molecule has 0 spiro atoms. The van der Waals surface area contributed by atoms with Crippen molar-refractivity contribution in [1.82, 2.24) is 0 Å². The zero-order valence-corrected chi connectivity index (χ0v) is 10.2. The summed E-state index contributed by atoms with van der Waals surface area (Å²) in [5.41, 5.74) is -1.87. The molecule has 98 valence electrons. The smallest absolute Gasteiger partial charge is 0.314 e. The fraction of sp³-hybridized carbons (Fsp3) is 0.364. The quantitative estimate of drug-likeness (QED) is 0.907. The minimum absolute atomic E-state index is 0.173. The Balaban J connectivity index is 2.71. The second-order valence-corrected chi connectivity index (χ2v) is 6.41. The number of carbonyl (C=O) groups is 1. The zero-order valence-electron chi connectivity index (χ0n) is 9.41. The molecule has 1 aromatic rings. The lowest BCUT2D eigenvalue weighted by atomic mass is 9.95. The van der Waals surface area contributed by atoms with E-state index in [0.717, 1.165) is 12.3 Å². The summed E-state index contributed by atoms with van der Waals surface area (Å²) in [7, 11) is -3.94. The molecule has 4 nitrogen and oxygen atoms in total. The molecule has 0 aliphatic heterocycles. The van der Waals surface area contributed by atoms with Crippen molar-refractivity contribution in [2.24, 2.45) is 0 Å². The molecule has 18 heavy (non-hydrogen) atoms. The molecule has 0 unspecified atom stereocenters. The van der Waals surface area contributed by atoms with Crippen molar-refractivity contribution in [2.45, 2.75) is 23.2 Å². The van der Waals surface area contributed by atoms with Crippen LogP contribution in [0.3, 0.4) is 0 Å². The molecule has 0 amide bonds. The van der Waals surface area contributed by atoms with Crippen molar-refractivity contribution in [1.29, 1.82) is 0 Å². The van der Waals surface area contributed by atoms with Crippen molar-refractivity contribution in [3.05, 3.63) is 29.3 Å². The molecule has 0 aromatic heterocycles. The number of sulfone groups is 1. The van der Waals surface area contributed by atoms with Crippen LogP contribution in [-0.2, 0) is 20.0 Å². The van der Waals surface area contributed by atoms with Gasteiger partial charge in [0.2, 0.25) is 0 Å². The molecule has 1 aromatic carbocycles. The van der Waals surface area contributed by atoms with Gasteiger partial charge in [0.15, 0.2) is 9.84 Å². The number of aliphatic carboxylic acids is 1. The van der Waals surface area contributed by atoms with Crippen LogP contribution in [-0.4, -0.2) is 25.7 Å². The number of rotatable bonds is 3. The highest BCUT2D eigenvalue weighted by Gasteiger charge is 2.54. The maximum atomic E-state index is 14.0. The van der Waals surface area contributed by atoms with Crippen LogP contribution < -0.4 is 0 Å². The summed E-state index contributed by atoms with van der Waals surface area (Å²) in [5.74, 6) is -3.40. The standard InChI is InChI=1S/C11H10F2O4S/c1-18(16,17)8-5-6(12)4-7(9(8)13)11(2-3-11)10(14)15/h4-5H,2-3H2,1H3,(H,14,15). The minimum atomic E-state index is -3.94. The van der Waals surface area contributed by atoms with Crippen molar-refractivity contribution < 1.29 is 27.1 Å². The summed E-state index contributed by atoms with van der Waals surface area (Å²) in [6.07, 6.45) is 1.09. The lowest BCUT2D eigenvalue weighted by molar-refractivity contribution is -0.140. The molecule has 2 rings (SSSR count). The highest BCUT2D eigenvalue weighted by atomic mass is 32.2. The van der Waals surface area contributed by atoms with Gasteiger partial charge in [0.05, 0.1) is 5.41 Å². The highest BCUT2D eigenvalue weighted by molar-refractivity contribution is 7.90. The average Bonchev–Trinajstić information content (AvgIpc) is 3.00. The fourth-order valence-electron chi connectivity index (χ4n) is 1.91. The first-order valence-corrected chi connectivity index (χ1v) is 7.00. The SMILES string of the molecule is CS(=O)(=O)c1cc(F)cc(C2(C(=O)O)CC2)c1F. The molecular formula is C11H10F2O4S. The van der Waals surface area contributed by atoms with Gasteiger partial charge in [-0.15, -0.1) is 0 Å². The summed E-state index contributed by atoms with van der Waals surface area (Å²) in [5, 5.41) is 9.03. The lowest BCUT2D eigenvalue weighted by Gasteiger charge is -2.13. The summed E-state index contributed by atoms with van der Waals surface area (Å²) in [4.78, 5) is 10.3. The number of hydrogen-bond donors (Lipinski definition) is 1. The third-order valence-corrected chi connectivity index (χ3v) is 4.17. The molecule has 1 saturated carbocycles. The summed E-state index contributed by atoms with van der Waals surface area (Å²) in [6.45, 7) is 0. The van der Waals surface area contributed by atoms with E-state index in [2.05, 4.69) is 0 Å². The van der Waals surface area contributed by atoms with Gasteiger partial charge in [0.25, 0.3) is 0 Å². The molecule has 0 bridgehead atoms. The summed E-state index contributed by atoms with van der Waals surface area (Å²) in [6, 6.07) is 1.32. The topological polar surface area (TPSA) is 71.4 Å². The van der Waals surface area contributed by atoms with Gasteiger partial charge in [0, 0.05) is 11.8 Å². The number of carboxylic acid groups (broad SMARTS) is 1. The van der Waals surface area contributed by atoms with Crippen LogP contribution in [0.5, 0.6) is 0 Å². The van der Waals surface area contributed by atoms with Gasteiger partial charge in [-0.2, -0.15) is 0 Å². The van der Waals surface area contributed by atoms with Crippen molar-refractivity contribution in [2.75, 3.05) is 6.26 Å². The molecule has 0 radical (unpaired) electrons. The first-order chi connectivity index (χ1) is 8.18. The van der Waals surface area contributed by atoms with Crippen LogP contribution in [0.25, 0.3) is 0 Å². The number of hydrogen-bond acceptors (Lipinski definition) is 3. The van der Waals surface area contributed by atoms with Crippen LogP contribution >= 0.6 is 0 Å². The molecule has 1 N–H and O–H groups in total. The Labute approximate surface area is 102 Å². The Kier molecular flexibility index (Phi) is 2.69. The van der Waals surface area contributed by atoms with Crippen molar-refractivity contribution in [3.8, 4) is 0 Å². The van der Waals surface area contributed by atoms with Crippen LogP contribution in [0, 0.1) is 11.6 Å². The second-order valence-electron chi connectivity index (χ2n) is 4.42. The summed E-state index contributed by atoms with van der Waals surface area (Å²) >= 11 is 0. The van der Waals surface area contributed by atoms with Gasteiger partial charge in [0.1, 0.15) is 16.5 Å². The van der Waals surface area contributed by atoms with Gasteiger partial charge in [-0.25, -0.2) is 17.2 Å². The lowest BCUT2D eigenvalue weighted by Crippen LogP contribution is -2.22. The van der Waals surface area contributed by atoms with E-state index in [4.69, 9.17) is 5.11 Å². The van der Waals surface area contributed by atoms with E-state index < -0.39 is 43.3 Å². The van der Waals surface area contributed by atoms with Gasteiger partial charge in [-0.3, -0.25) is 4.79 Å². The fourth-order valence-corrected chi connectivity index (χ4v) is 2.67. The zero-order chi connectivity index (χ0) is 13.7. The Morgan fingerprint density at radius 2 is 1.89 bits per heavy atom. The number of carboxylic acids is 1. The maximum Gasteiger partial charge on any atom is 0.314 e. The molecule has 1 aliphatic rings. The van der Waals surface area contributed by atoms with E-state index in [1.807, 2.05) is 0 Å². The van der Waals surface area contributed by atoms with Crippen molar-refractivity contribution >= 4 is 15.8 Å². The Bertz CT molecular complexity index is 633. The normalized spacial score (nSPS) is 17.5. The monoisotopic (exact) mass is 276 g/mol. The van der Waals surface area contributed by atoms with E-state index >= 15 is 0 Å². The second kappa shape index (κ2) is 3.74. The Morgan fingerprint density at radius 3 is 2.28 bits per heavy atom. The molecule has 0 saturated heterocycles. The van der Waals surface area contributed by atoms with Crippen LogP contribution in [0.4, 0.5) is 8.78 Å². The molecular weight excluding hydrogens is 266 g/mol. The number of benzene rings is 1. The summed E-state index contributed by atoms with van der Waals surface area (Å²) < 4.78 is 50.0. The van der Waals surface area contributed by atoms with Crippen LogP contribution in [0.1, 0.15) is 18.4 Å². The third-order valence-electron chi connectivity index (χ3n) is 3.08. The van der Waals surface area contributed by atoms with Gasteiger partial charge in [-0.05, 0) is 25.0 Å². The van der Waals surface area contributed by atoms with E-state index in [9.17, 15) is 22.0 Å². The molecule has 7 heteroatoms. The van der Waals surface area contributed by atoms with Gasteiger partial charge in [-0.1, -0.05) is 0 Å². The minimum Gasteiger partial charge on any atom is -0.481 e. The van der Waals surface area contributed by atoms with Crippen molar-refractivity contribution in [3.63, 3.8) is 0 Å². The van der Waals surface area contributed by atoms with Crippen LogP contribution in [0.15, 0.2) is 17.0 Å². The first-order valence-electron chi connectivity index (χ1n) is 5.11. The predicted octanol–water partition coefficient (Wildman–Crippen LogP) is 1.48. The molecule has 0 heterocycles. The van der Waals surface area contributed by atoms with Gasteiger partial charge >= 0.3 is 5.97 Å². The first kappa shape index (κ1) is 12.9. The maximum absolute atomic E-state index is 14.0. The van der Waals surface area contributed by atoms with Gasteiger partial charge < -0.3 is 5.11 Å². The van der Waals surface area contributed by atoms with E-state index in [-0.39, 0.29) is 12.8 Å². The molecule has 0 atom stereocenters. The van der Waals surface area contributed by atoms with Crippen LogP contribution in [0.2, 0.25) is 0 Å². The van der Waals surface area contributed by atoms with E-state index in [1.54, 1.807) is 0 Å². The van der Waals surface area contributed by atoms with E-state index in [1.165, 1.54) is 0 Å². The Morgan fingerprint density at radius 1 is 1.33 bits per heavy atom. The predicted molar refractivity (Wildman–Crippen MR) is 58.0 cm³/mol. The largest absolute Gasteiger partial charge is 0.481 e.